The number of unbranched alkanes of at least 4 members (excludes halogenated alkanes) is 4. The zero-order valence-electron chi connectivity index (χ0n) is 18.9. The van der Waals surface area contributed by atoms with Crippen LogP contribution in [0.1, 0.15) is 89.5 Å². The van der Waals surface area contributed by atoms with E-state index in [2.05, 4.69) is 6.92 Å². The van der Waals surface area contributed by atoms with Crippen LogP contribution >= 0.6 is 0 Å². The molecule has 2 aromatic rings. The second-order valence-electron chi connectivity index (χ2n) is 8.83. The van der Waals surface area contributed by atoms with Gasteiger partial charge in [0.2, 0.25) is 0 Å². The van der Waals surface area contributed by atoms with Crippen LogP contribution in [-0.2, 0) is 0 Å². The summed E-state index contributed by atoms with van der Waals surface area (Å²) in [6, 6.07) is 7.51. The maximum absolute atomic E-state index is 15.0. The quantitative estimate of drug-likeness (QED) is 0.341. The molecule has 31 heavy (non-hydrogen) atoms. The fourth-order valence-electron chi connectivity index (χ4n) is 4.84. The summed E-state index contributed by atoms with van der Waals surface area (Å²) < 4.78 is 49.2. The maximum Gasteiger partial charge on any atom is 0.166 e. The molecule has 0 spiro atoms. The van der Waals surface area contributed by atoms with E-state index < -0.39 is 17.5 Å². The van der Waals surface area contributed by atoms with E-state index in [1.165, 1.54) is 50.7 Å². The first kappa shape index (κ1) is 23.7. The van der Waals surface area contributed by atoms with Crippen LogP contribution in [0.15, 0.2) is 30.3 Å². The Morgan fingerprint density at radius 1 is 0.839 bits per heavy atom. The Bertz CT molecular complexity index is 841. The van der Waals surface area contributed by atoms with Crippen molar-refractivity contribution in [3.8, 4) is 16.9 Å². The average Bonchev–Trinajstić information content (AvgIpc) is 2.78. The lowest BCUT2D eigenvalue weighted by Gasteiger charge is -2.29. The van der Waals surface area contributed by atoms with E-state index in [4.69, 9.17) is 4.74 Å². The van der Waals surface area contributed by atoms with Crippen molar-refractivity contribution in [3.05, 3.63) is 53.3 Å². The zero-order chi connectivity index (χ0) is 22.2. The van der Waals surface area contributed by atoms with Gasteiger partial charge in [-0.15, -0.1) is 0 Å². The molecule has 1 nitrogen and oxygen atoms in total. The molecule has 0 N–H and O–H groups in total. The van der Waals surface area contributed by atoms with E-state index in [9.17, 15) is 13.2 Å². The predicted molar refractivity (Wildman–Crippen MR) is 121 cm³/mol. The lowest BCUT2D eigenvalue weighted by Crippen LogP contribution is -2.15. The summed E-state index contributed by atoms with van der Waals surface area (Å²) in [6.45, 7) is 4.34. The number of rotatable bonds is 10. The SMILES string of the molecule is CCCCCCCC1CCC(c2ccc(-c3ccc(OCC)c(F)c3)c(F)c2F)CC1. The second kappa shape index (κ2) is 11.6. The number of ether oxygens (including phenoxy) is 1. The van der Waals surface area contributed by atoms with E-state index in [0.717, 1.165) is 31.6 Å². The zero-order valence-corrected chi connectivity index (χ0v) is 18.9. The molecule has 170 valence electrons. The Hall–Kier alpha value is -1.97. The first-order valence-electron chi connectivity index (χ1n) is 12.0. The fourth-order valence-corrected chi connectivity index (χ4v) is 4.84. The summed E-state index contributed by atoms with van der Waals surface area (Å²) in [5.41, 5.74) is 0.869. The number of hydrogen-bond acceptors (Lipinski definition) is 1. The molecule has 1 aliphatic rings. The van der Waals surface area contributed by atoms with E-state index in [1.807, 2.05) is 0 Å². The molecular weight excluding hydrogens is 397 g/mol. The van der Waals surface area contributed by atoms with Gasteiger partial charge in [-0.25, -0.2) is 13.2 Å². The lowest BCUT2D eigenvalue weighted by molar-refractivity contribution is 0.297. The summed E-state index contributed by atoms with van der Waals surface area (Å²) in [7, 11) is 0. The van der Waals surface area contributed by atoms with Crippen molar-refractivity contribution in [2.75, 3.05) is 6.61 Å². The lowest BCUT2D eigenvalue weighted by atomic mass is 9.76. The highest BCUT2D eigenvalue weighted by Gasteiger charge is 2.26. The highest BCUT2D eigenvalue weighted by molar-refractivity contribution is 5.66. The summed E-state index contributed by atoms with van der Waals surface area (Å²) in [6.07, 6.45) is 11.7. The molecule has 2 aromatic carbocycles. The maximum atomic E-state index is 15.0. The van der Waals surface area contributed by atoms with Crippen molar-refractivity contribution in [3.63, 3.8) is 0 Å². The van der Waals surface area contributed by atoms with E-state index in [1.54, 1.807) is 25.1 Å². The Morgan fingerprint density at radius 3 is 2.26 bits per heavy atom. The molecule has 1 aliphatic carbocycles. The molecule has 0 aromatic heterocycles. The van der Waals surface area contributed by atoms with Crippen LogP contribution in [0.2, 0.25) is 0 Å². The normalized spacial score (nSPS) is 18.9. The standard InChI is InChI=1S/C27H35F3O/c1-3-5-6-7-8-9-19-10-12-20(13-11-19)22-15-16-23(27(30)26(22)29)21-14-17-25(31-4-2)24(28)18-21/h14-20H,3-13H2,1-2H3. The van der Waals surface area contributed by atoms with Crippen molar-refractivity contribution in [1.29, 1.82) is 0 Å². The minimum atomic E-state index is -0.890. The summed E-state index contributed by atoms with van der Waals surface area (Å²) in [5.74, 6) is -1.34. The molecule has 0 unspecified atom stereocenters. The van der Waals surface area contributed by atoms with E-state index in [0.29, 0.717) is 17.7 Å². The van der Waals surface area contributed by atoms with Crippen LogP contribution in [0.4, 0.5) is 13.2 Å². The van der Waals surface area contributed by atoms with Gasteiger partial charge in [0, 0.05) is 5.56 Å². The highest BCUT2D eigenvalue weighted by Crippen LogP contribution is 2.40. The number of hydrogen-bond donors (Lipinski definition) is 0. The second-order valence-corrected chi connectivity index (χ2v) is 8.83. The first-order chi connectivity index (χ1) is 15.0. The van der Waals surface area contributed by atoms with Crippen LogP contribution in [0.3, 0.4) is 0 Å². The van der Waals surface area contributed by atoms with Crippen molar-refractivity contribution in [2.45, 2.75) is 84.0 Å². The van der Waals surface area contributed by atoms with Crippen molar-refractivity contribution in [2.24, 2.45) is 5.92 Å². The number of benzene rings is 2. The third-order valence-corrected chi connectivity index (χ3v) is 6.66. The molecule has 0 saturated heterocycles. The van der Waals surface area contributed by atoms with E-state index >= 15 is 0 Å². The smallest absolute Gasteiger partial charge is 0.166 e. The van der Waals surface area contributed by atoms with Gasteiger partial charge in [-0.1, -0.05) is 63.6 Å². The fraction of sp³-hybridized carbons (Fsp3) is 0.556. The largest absolute Gasteiger partial charge is 0.491 e. The molecule has 0 amide bonds. The monoisotopic (exact) mass is 432 g/mol. The molecule has 0 atom stereocenters. The molecule has 4 heteroatoms. The molecule has 1 fully saturated rings. The summed E-state index contributed by atoms with van der Waals surface area (Å²) in [5, 5.41) is 0. The van der Waals surface area contributed by atoms with Gasteiger partial charge in [0.25, 0.3) is 0 Å². The van der Waals surface area contributed by atoms with Gasteiger partial charge < -0.3 is 4.74 Å². The van der Waals surface area contributed by atoms with Gasteiger partial charge in [0.05, 0.1) is 6.61 Å². The molecule has 0 radical (unpaired) electrons. The minimum absolute atomic E-state index is 0.0666. The van der Waals surface area contributed by atoms with Crippen LogP contribution in [0.5, 0.6) is 5.75 Å². The average molecular weight is 433 g/mol. The molecule has 3 rings (SSSR count). The predicted octanol–water partition coefficient (Wildman–Crippen LogP) is 8.80. The van der Waals surface area contributed by atoms with Crippen molar-refractivity contribution >= 4 is 0 Å². The molecule has 0 heterocycles. The van der Waals surface area contributed by atoms with Crippen LogP contribution in [0, 0.1) is 23.4 Å². The molecule has 0 aliphatic heterocycles. The third kappa shape index (κ3) is 6.05. The van der Waals surface area contributed by atoms with Gasteiger partial charge >= 0.3 is 0 Å². The van der Waals surface area contributed by atoms with Gasteiger partial charge in [0.15, 0.2) is 23.2 Å². The van der Waals surface area contributed by atoms with Gasteiger partial charge in [-0.3, -0.25) is 0 Å². The summed E-state index contributed by atoms with van der Waals surface area (Å²) in [4.78, 5) is 0. The van der Waals surface area contributed by atoms with Gasteiger partial charge in [0.1, 0.15) is 0 Å². The molecular formula is C27H35F3O. The molecule has 1 saturated carbocycles. The molecule has 0 bridgehead atoms. The van der Waals surface area contributed by atoms with E-state index in [-0.39, 0.29) is 17.2 Å². The summed E-state index contributed by atoms with van der Waals surface area (Å²) >= 11 is 0. The number of halogens is 3. The Morgan fingerprint density at radius 2 is 1.58 bits per heavy atom. The van der Waals surface area contributed by atoms with Crippen LogP contribution in [0.25, 0.3) is 11.1 Å². The van der Waals surface area contributed by atoms with Crippen molar-refractivity contribution in [1.82, 2.24) is 0 Å². The van der Waals surface area contributed by atoms with Crippen LogP contribution < -0.4 is 4.74 Å². The van der Waals surface area contributed by atoms with Crippen molar-refractivity contribution < 1.29 is 17.9 Å². The van der Waals surface area contributed by atoms with Crippen LogP contribution in [-0.4, -0.2) is 6.61 Å². The Kier molecular flexibility index (Phi) is 8.86. The minimum Gasteiger partial charge on any atom is -0.491 e. The Balaban J connectivity index is 1.63. The Labute approximate surface area is 185 Å². The van der Waals surface area contributed by atoms with Gasteiger partial charge in [-0.2, -0.15) is 0 Å². The topological polar surface area (TPSA) is 9.23 Å². The third-order valence-electron chi connectivity index (χ3n) is 6.66. The highest BCUT2D eigenvalue weighted by atomic mass is 19.2. The van der Waals surface area contributed by atoms with Gasteiger partial charge in [-0.05, 0) is 67.7 Å². The first-order valence-corrected chi connectivity index (χ1v) is 12.0.